The summed E-state index contributed by atoms with van der Waals surface area (Å²) in [5.41, 5.74) is 1.07. The number of nitrogens with zero attached hydrogens (tertiary/aromatic N) is 1. The Bertz CT molecular complexity index is 974. The average molecular weight is 538 g/mol. The largest absolute Gasteiger partial charge is 0.462 e. The summed E-state index contributed by atoms with van der Waals surface area (Å²) in [5.74, 6) is -2.21. The molecule has 6 nitrogen and oxygen atoms in total. The fourth-order valence-corrected chi connectivity index (χ4v) is 3.71. The number of ether oxygens (including phenoxy) is 2. The predicted molar refractivity (Wildman–Crippen MR) is 124 cm³/mol. The van der Waals surface area contributed by atoms with E-state index in [1.165, 1.54) is 18.3 Å². The van der Waals surface area contributed by atoms with Gasteiger partial charge in [0.25, 0.3) is 0 Å². The van der Waals surface area contributed by atoms with Crippen molar-refractivity contribution >= 4 is 40.0 Å². The molecule has 0 aromatic heterocycles. The second-order valence-electron chi connectivity index (χ2n) is 6.97. The molecule has 0 atom stereocenters. The molecule has 1 N–H and O–H groups in total. The van der Waals surface area contributed by atoms with Crippen molar-refractivity contribution in [3.05, 3.63) is 74.8 Å². The van der Waals surface area contributed by atoms with Crippen LogP contribution in [0.2, 0.25) is 0 Å². The molecule has 0 amide bonds. The number of nitrogens with one attached hydrogen (secondary N) is 1. The molecule has 1 aliphatic rings. The van der Waals surface area contributed by atoms with Crippen LogP contribution in [-0.2, 0) is 20.8 Å². The lowest BCUT2D eigenvalue weighted by Gasteiger charge is -2.26. The molecular weight excluding hydrogens is 514 g/mol. The Balaban J connectivity index is 1.86. The van der Waals surface area contributed by atoms with Crippen molar-refractivity contribution in [3.63, 3.8) is 0 Å². The van der Waals surface area contributed by atoms with E-state index in [2.05, 4.69) is 32.8 Å². The van der Waals surface area contributed by atoms with Crippen molar-refractivity contribution in [2.24, 2.45) is 0 Å². The topological polar surface area (TPSA) is 67.9 Å². The Hall–Kier alpha value is -2.30. The van der Waals surface area contributed by atoms with Crippen LogP contribution in [0.1, 0.15) is 22.8 Å². The first-order valence-electron chi connectivity index (χ1n) is 10.0. The highest BCUT2D eigenvalue weighted by atomic mass is 127. The highest BCUT2D eigenvalue weighted by Gasteiger charge is 2.24. The number of benzene rings is 2. The molecule has 0 saturated carbocycles. The molecule has 2 aromatic rings. The van der Waals surface area contributed by atoms with Gasteiger partial charge in [-0.15, -0.1) is 0 Å². The van der Waals surface area contributed by atoms with Gasteiger partial charge in [0.05, 0.1) is 25.4 Å². The number of hydrogen-bond acceptors (Lipinski definition) is 6. The van der Waals surface area contributed by atoms with Gasteiger partial charge < -0.3 is 14.8 Å². The average Bonchev–Trinajstić information content (AvgIpc) is 2.76. The summed E-state index contributed by atoms with van der Waals surface area (Å²) in [7, 11) is 0. The molecule has 1 saturated heterocycles. The zero-order valence-electron chi connectivity index (χ0n) is 17.2. The second-order valence-corrected chi connectivity index (χ2v) is 8.21. The van der Waals surface area contributed by atoms with Crippen LogP contribution in [0.4, 0.5) is 10.1 Å². The second kappa shape index (κ2) is 11.4. The standard InChI is InChI=1S/C23H24FIN2O4/c1-2-31-23(29)20(14-26-18-5-3-4-17(25)13-18)22(28)19-12-16(6-7-21(19)24)15-27-8-10-30-11-9-27/h3-7,12-14,26H,2,8-11,15H2,1H3/b20-14-. The van der Waals surface area contributed by atoms with E-state index in [1.54, 1.807) is 19.1 Å². The van der Waals surface area contributed by atoms with Crippen molar-refractivity contribution < 1.29 is 23.5 Å². The van der Waals surface area contributed by atoms with Gasteiger partial charge in [-0.3, -0.25) is 9.69 Å². The SMILES string of the molecule is CCOC(=O)/C(=C\Nc1cccc(I)c1)C(=O)c1cc(CN2CCOCC2)ccc1F. The molecule has 31 heavy (non-hydrogen) atoms. The van der Waals surface area contributed by atoms with Gasteiger partial charge in [0.15, 0.2) is 0 Å². The number of Topliss-reactive ketones (excluding diaryl/α,β-unsaturated/α-hetero) is 1. The quantitative estimate of drug-likeness (QED) is 0.137. The number of hydrogen-bond donors (Lipinski definition) is 1. The predicted octanol–water partition coefficient (Wildman–Crippen LogP) is 4.00. The minimum atomic E-state index is -0.802. The number of ketones is 1. The molecule has 0 spiro atoms. The molecule has 0 unspecified atom stereocenters. The molecule has 1 heterocycles. The van der Waals surface area contributed by atoms with Crippen LogP contribution in [0.3, 0.4) is 0 Å². The summed E-state index contributed by atoms with van der Waals surface area (Å²) in [6.07, 6.45) is 1.28. The number of rotatable bonds is 8. The third-order valence-corrected chi connectivity index (χ3v) is 5.40. The Morgan fingerprint density at radius 3 is 2.71 bits per heavy atom. The van der Waals surface area contributed by atoms with Crippen LogP contribution in [0.25, 0.3) is 0 Å². The lowest BCUT2D eigenvalue weighted by Crippen LogP contribution is -2.35. The van der Waals surface area contributed by atoms with Gasteiger partial charge in [-0.25, -0.2) is 9.18 Å². The number of anilines is 1. The molecule has 8 heteroatoms. The first-order valence-corrected chi connectivity index (χ1v) is 11.1. The zero-order chi connectivity index (χ0) is 22.2. The lowest BCUT2D eigenvalue weighted by molar-refractivity contribution is -0.138. The lowest BCUT2D eigenvalue weighted by atomic mass is 10.0. The maximum Gasteiger partial charge on any atom is 0.343 e. The van der Waals surface area contributed by atoms with Crippen LogP contribution in [-0.4, -0.2) is 49.6 Å². The third kappa shape index (κ3) is 6.59. The van der Waals surface area contributed by atoms with Gasteiger partial charge in [0, 0.05) is 35.1 Å². The van der Waals surface area contributed by atoms with Crippen LogP contribution >= 0.6 is 22.6 Å². The number of esters is 1. The van der Waals surface area contributed by atoms with Crippen molar-refractivity contribution in [1.82, 2.24) is 4.90 Å². The Labute approximate surface area is 194 Å². The summed E-state index contributed by atoms with van der Waals surface area (Å²) in [5, 5.41) is 2.94. The fraction of sp³-hybridized carbons (Fsp3) is 0.304. The van der Waals surface area contributed by atoms with Crippen LogP contribution in [0.15, 0.2) is 54.2 Å². The Kier molecular flexibility index (Phi) is 8.56. The molecule has 0 aliphatic carbocycles. The van der Waals surface area contributed by atoms with Crippen molar-refractivity contribution in [2.75, 3.05) is 38.2 Å². The summed E-state index contributed by atoms with van der Waals surface area (Å²) in [6, 6.07) is 11.8. The minimum absolute atomic E-state index is 0.103. The Morgan fingerprint density at radius 1 is 1.23 bits per heavy atom. The van der Waals surface area contributed by atoms with Crippen molar-refractivity contribution in [1.29, 1.82) is 0 Å². The van der Waals surface area contributed by atoms with Gasteiger partial charge in [-0.2, -0.15) is 0 Å². The van der Waals surface area contributed by atoms with E-state index in [1.807, 2.05) is 18.2 Å². The number of halogens is 2. The number of morpholine rings is 1. The summed E-state index contributed by atoms with van der Waals surface area (Å²) >= 11 is 2.16. The first kappa shape index (κ1) is 23.4. The summed E-state index contributed by atoms with van der Waals surface area (Å²) < 4.78 is 25.9. The van der Waals surface area contributed by atoms with E-state index < -0.39 is 17.6 Å². The maximum atomic E-state index is 14.6. The zero-order valence-corrected chi connectivity index (χ0v) is 19.4. The van der Waals surface area contributed by atoms with Gasteiger partial charge in [0.2, 0.25) is 5.78 Å². The van der Waals surface area contributed by atoms with Crippen molar-refractivity contribution in [3.8, 4) is 0 Å². The molecule has 164 valence electrons. The highest BCUT2D eigenvalue weighted by molar-refractivity contribution is 14.1. The molecule has 0 bridgehead atoms. The van der Waals surface area contributed by atoms with E-state index in [0.29, 0.717) is 25.4 Å². The molecule has 3 rings (SSSR count). The molecule has 1 aliphatic heterocycles. The van der Waals surface area contributed by atoms with Gasteiger partial charge in [-0.1, -0.05) is 12.1 Å². The first-order chi connectivity index (χ1) is 15.0. The van der Waals surface area contributed by atoms with E-state index in [0.717, 1.165) is 22.2 Å². The van der Waals surface area contributed by atoms with E-state index in [4.69, 9.17) is 9.47 Å². The van der Waals surface area contributed by atoms with Gasteiger partial charge in [-0.05, 0) is 65.4 Å². The van der Waals surface area contributed by atoms with E-state index in [-0.39, 0.29) is 17.7 Å². The smallest absolute Gasteiger partial charge is 0.343 e. The summed E-state index contributed by atoms with van der Waals surface area (Å²) in [6.45, 7) is 5.16. The molecule has 0 radical (unpaired) electrons. The summed E-state index contributed by atoms with van der Waals surface area (Å²) in [4.78, 5) is 27.8. The van der Waals surface area contributed by atoms with Crippen molar-refractivity contribution in [2.45, 2.75) is 13.5 Å². The maximum absolute atomic E-state index is 14.6. The third-order valence-electron chi connectivity index (χ3n) is 4.73. The van der Waals surface area contributed by atoms with E-state index >= 15 is 0 Å². The van der Waals surface area contributed by atoms with Gasteiger partial charge in [0.1, 0.15) is 11.4 Å². The number of carbonyl (C=O) groups is 2. The monoisotopic (exact) mass is 538 g/mol. The van der Waals surface area contributed by atoms with Gasteiger partial charge >= 0.3 is 5.97 Å². The molecule has 2 aromatic carbocycles. The molecular formula is C23H24FIN2O4. The van der Waals surface area contributed by atoms with E-state index in [9.17, 15) is 14.0 Å². The highest BCUT2D eigenvalue weighted by Crippen LogP contribution is 2.19. The minimum Gasteiger partial charge on any atom is -0.462 e. The molecule has 1 fully saturated rings. The fourth-order valence-electron chi connectivity index (χ4n) is 3.17. The van der Waals surface area contributed by atoms with Crippen LogP contribution < -0.4 is 5.32 Å². The van der Waals surface area contributed by atoms with Crippen LogP contribution in [0.5, 0.6) is 0 Å². The normalized spacial score (nSPS) is 14.9. The Morgan fingerprint density at radius 2 is 2.00 bits per heavy atom. The van der Waals surface area contributed by atoms with Crippen LogP contribution in [0, 0.1) is 9.39 Å². The number of carbonyl (C=O) groups excluding carboxylic acids is 2.